The first-order valence-electron chi connectivity index (χ1n) is 10.5. The molecule has 0 saturated heterocycles. The van der Waals surface area contributed by atoms with E-state index in [-0.39, 0.29) is 5.41 Å². The molecule has 0 unspecified atom stereocenters. The molecule has 5 rings (SSSR count). The summed E-state index contributed by atoms with van der Waals surface area (Å²) in [5.41, 5.74) is 8.21. The largest absolute Gasteiger partial charge is 0.490 e. The quantitative estimate of drug-likeness (QED) is 0.462. The molecule has 152 valence electrons. The number of anilines is 3. The van der Waals surface area contributed by atoms with Crippen LogP contribution in [0.5, 0.6) is 0 Å². The number of benzene rings is 4. The standard InChI is InChI=1S/C27H24BNO2/c1-27(2)23-13-7-6-12-21(23)22-18-20(16-17-24(22)27)29(19-10-4-3-5-11-19)26-15-9-8-14-25(26)28(30)31/h3-18,30-31H,1-2H3. The van der Waals surface area contributed by atoms with E-state index in [4.69, 9.17) is 0 Å². The van der Waals surface area contributed by atoms with E-state index >= 15 is 0 Å². The molecule has 0 aromatic heterocycles. The summed E-state index contributed by atoms with van der Waals surface area (Å²) in [6.07, 6.45) is 0. The highest BCUT2D eigenvalue weighted by molar-refractivity contribution is 6.60. The zero-order valence-electron chi connectivity index (χ0n) is 17.7. The smallest absolute Gasteiger partial charge is 0.423 e. The van der Waals surface area contributed by atoms with Crippen LogP contribution in [0.25, 0.3) is 11.1 Å². The van der Waals surface area contributed by atoms with Crippen LogP contribution in [0, 0.1) is 0 Å². The lowest BCUT2D eigenvalue weighted by molar-refractivity contribution is 0.426. The number of para-hydroxylation sites is 2. The molecule has 0 atom stereocenters. The summed E-state index contributed by atoms with van der Waals surface area (Å²) in [7, 11) is -1.56. The molecule has 1 aliphatic carbocycles. The molecular formula is C27H24BNO2. The SMILES string of the molecule is CC1(C)c2ccccc2-c2cc(N(c3ccccc3)c3ccccc3B(O)O)ccc21. The molecule has 31 heavy (non-hydrogen) atoms. The second-order valence-electron chi connectivity index (χ2n) is 8.50. The van der Waals surface area contributed by atoms with E-state index in [9.17, 15) is 10.0 Å². The predicted molar refractivity (Wildman–Crippen MR) is 129 cm³/mol. The fourth-order valence-electron chi connectivity index (χ4n) is 4.76. The maximum atomic E-state index is 10.0. The van der Waals surface area contributed by atoms with Gasteiger partial charge < -0.3 is 14.9 Å². The Bertz CT molecular complexity index is 1250. The molecule has 4 aromatic rings. The zero-order valence-corrected chi connectivity index (χ0v) is 17.7. The van der Waals surface area contributed by atoms with Crippen LogP contribution < -0.4 is 10.4 Å². The van der Waals surface area contributed by atoms with Crippen molar-refractivity contribution in [1.82, 2.24) is 0 Å². The average Bonchev–Trinajstić information content (AvgIpc) is 3.02. The second-order valence-corrected chi connectivity index (χ2v) is 8.50. The van der Waals surface area contributed by atoms with Gasteiger partial charge in [0.05, 0.1) is 0 Å². The third kappa shape index (κ3) is 3.16. The minimum Gasteiger partial charge on any atom is -0.423 e. The lowest BCUT2D eigenvalue weighted by Gasteiger charge is -2.28. The third-order valence-electron chi connectivity index (χ3n) is 6.30. The van der Waals surface area contributed by atoms with Crippen molar-refractivity contribution in [2.24, 2.45) is 0 Å². The molecule has 0 saturated carbocycles. The Labute approximate surface area is 183 Å². The molecule has 2 N–H and O–H groups in total. The number of rotatable bonds is 4. The Hall–Kier alpha value is -3.34. The minimum absolute atomic E-state index is 0.0543. The van der Waals surface area contributed by atoms with Crippen LogP contribution in [0.1, 0.15) is 25.0 Å². The molecule has 4 aromatic carbocycles. The summed E-state index contributed by atoms with van der Waals surface area (Å²) in [6.45, 7) is 4.54. The second kappa shape index (κ2) is 7.42. The molecule has 4 heteroatoms. The molecule has 0 aliphatic heterocycles. The van der Waals surface area contributed by atoms with Gasteiger partial charge in [0, 0.05) is 27.9 Å². The van der Waals surface area contributed by atoms with Crippen LogP contribution in [0.2, 0.25) is 0 Å². The number of hydrogen-bond acceptors (Lipinski definition) is 3. The van der Waals surface area contributed by atoms with Gasteiger partial charge in [-0.3, -0.25) is 0 Å². The van der Waals surface area contributed by atoms with Gasteiger partial charge in [0.25, 0.3) is 0 Å². The fraction of sp³-hybridized carbons (Fsp3) is 0.111. The van der Waals surface area contributed by atoms with Gasteiger partial charge in [-0.05, 0) is 52.6 Å². The van der Waals surface area contributed by atoms with E-state index in [0.717, 1.165) is 17.1 Å². The monoisotopic (exact) mass is 405 g/mol. The number of fused-ring (bicyclic) bond motifs is 3. The van der Waals surface area contributed by atoms with E-state index in [2.05, 4.69) is 61.2 Å². The summed E-state index contributed by atoms with van der Waals surface area (Å²) in [5.74, 6) is 0. The van der Waals surface area contributed by atoms with Gasteiger partial charge in [0.15, 0.2) is 0 Å². The van der Waals surface area contributed by atoms with Crippen molar-refractivity contribution in [3.8, 4) is 11.1 Å². The molecule has 0 amide bonds. The van der Waals surface area contributed by atoms with Crippen molar-refractivity contribution >= 4 is 29.6 Å². The van der Waals surface area contributed by atoms with Gasteiger partial charge in [0.2, 0.25) is 0 Å². The molecule has 3 nitrogen and oxygen atoms in total. The highest BCUT2D eigenvalue weighted by Crippen LogP contribution is 2.50. The summed E-state index contributed by atoms with van der Waals surface area (Å²) >= 11 is 0. The minimum atomic E-state index is -1.56. The summed E-state index contributed by atoms with van der Waals surface area (Å²) in [4.78, 5) is 2.09. The van der Waals surface area contributed by atoms with Crippen LogP contribution >= 0.6 is 0 Å². The van der Waals surface area contributed by atoms with Crippen molar-refractivity contribution in [1.29, 1.82) is 0 Å². The Kier molecular flexibility index (Phi) is 4.69. The van der Waals surface area contributed by atoms with Gasteiger partial charge in [-0.2, -0.15) is 0 Å². The van der Waals surface area contributed by atoms with Gasteiger partial charge >= 0.3 is 7.12 Å². The fourth-order valence-corrected chi connectivity index (χ4v) is 4.76. The van der Waals surface area contributed by atoms with E-state index in [1.165, 1.54) is 22.3 Å². The van der Waals surface area contributed by atoms with Gasteiger partial charge in [-0.25, -0.2) is 0 Å². The molecule has 0 fully saturated rings. The maximum Gasteiger partial charge on any atom is 0.490 e. The first kappa shape index (κ1) is 19.6. The van der Waals surface area contributed by atoms with Crippen LogP contribution in [0.15, 0.2) is 97.1 Å². The van der Waals surface area contributed by atoms with Gasteiger partial charge in [-0.1, -0.05) is 80.6 Å². The zero-order chi connectivity index (χ0) is 21.6. The van der Waals surface area contributed by atoms with Crippen LogP contribution in [-0.2, 0) is 5.41 Å². The van der Waals surface area contributed by atoms with Crippen LogP contribution in [-0.4, -0.2) is 17.2 Å². The Morgan fingerprint density at radius 1 is 0.645 bits per heavy atom. The molecule has 1 aliphatic rings. The highest BCUT2D eigenvalue weighted by atomic mass is 16.4. The van der Waals surface area contributed by atoms with E-state index < -0.39 is 7.12 Å². The molecule has 0 heterocycles. The summed E-state index contributed by atoms with van der Waals surface area (Å²) in [5, 5.41) is 20.1. The Morgan fingerprint density at radius 3 is 2.06 bits per heavy atom. The third-order valence-corrected chi connectivity index (χ3v) is 6.30. The molecule has 0 radical (unpaired) electrons. The Balaban J connectivity index is 1.74. The Morgan fingerprint density at radius 2 is 1.29 bits per heavy atom. The van der Waals surface area contributed by atoms with Gasteiger partial charge in [-0.15, -0.1) is 0 Å². The summed E-state index contributed by atoms with van der Waals surface area (Å²) in [6, 6.07) is 32.6. The summed E-state index contributed by atoms with van der Waals surface area (Å²) < 4.78 is 0. The highest BCUT2D eigenvalue weighted by Gasteiger charge is 2.35. The lowest BCUT2D eigenvalue weighted by Crippen LogP contribution is -2.34. The normalized spacial score (nSPS) is 13.4. The van der Waals surface area contributed by atoms with Crippen molar-refractivity contribution in [2.45, 2.75) is 19.3 Å². The van der Waals surface area contributed by atoms with Crippen molar-refractivity contribution in [3.05, 3.63) is 108 Å². The van der Waals surface area contributed by atoms with Crippen LogP contribution in [0.3, 0.4) is 0 Å². The van der Waals surface area contributed by atoms with Gasteiger partial charge in [0.1, 0.15) is 0 Å². The van der Waals surface area contributed by atoms with Crippen molar-refractivity contribution in [2.75, 3.05) is 4.90 Å². The average molecular weight is 405 g/mol. The number of nitrogens with zero attached hydrogens (tertiary/aromatic N) is 1. The lowest BCUT2D eigenvalue weighted by atomic mass is 9.78. The number of hydrogen-bond donors (Lipinski definition) is 2. The first-order chi connectivity index (χ1) is 15.0. The van der Waals surface area contributed by atoms with E-state index in [1.807, 2.05) is 48.5 Å². The van der Waals surface area contributed by atoms with Crippen LogP contribution in [0.4, 0.5) is 17.1 Å². The maximum absolute atomic E-state index is 10.0. The van der Waals surface area contributed by atoms with Crippen molar-refractivity contribution < 1.29 is 10.0 Å². The van der Waals surface area contributed by atoms with Crippen molar-refractivity contribution in [3.63, 3.8) is 0 Å². The topological polar surface area (TPSA) is 43.7 Å². The predicted octanol–water partition coefficient (Wildman–Crippen LogP) is 5.14. The molecular weight excluding hydrogens is 381 g/mol. The van der Waals surface area contributed by atoms with E-state index in [1.54, 1.807) is 6.07 Å². The molecule has 0 bridgehead atoms. The molecule has 0 spiro atoms. The van der Waals surface area contributed by atoms with E-state index in [0.29, 0.717) is 5.46 Å². The first-order valence-corrected chi connectivity index (χ1v) is 10.5.